The molecule has 1 rings (SSSR count). The summed E-state index contributed by atoms with van der Waals surface area (Å²) < 4.78 is 25.7. The molecule has 60 valence electrons. The van der Waals surface area contributed by atoms with Gasteiger partial charge in [-0.15, -0.1) is 0 Å². The summed E-state index contributed by atoms with van der Waals surface area (Å²) in [6.45, 7) is 1.57. The van der Waals surface area contributed by atoms with Crippen molar-refractivity contribution in [3.8, 4) is 0 Å². The van der Waals surface area contributed by atoms with E-state index < -0.39 is 5.92 Å². The Morgan fingerprint density at radius 1 is 1.30 bits per heavy atom. The molecule has 0 atom stereocenters. The fraction of sp³-hybridized carbons (Fsp3) is 1.00. The van der Waals surface area contributed by atoms with Crippen LogP contribution < -0.4 is 0 Å². The van der Waals surface area contributed by atoms with Crippen LogP contribution in [-0.4, -0.2) is 5.92 Å². The van der Waals surface area contributed by atoms with E-state index in [1.54, 1.807) is 6.92 Å². The van der Waals surface area contributed by atoms with Crippen LogP contribution >= 0.6 is 0 Å². The van der Waals surface area contributed by atoms with E-state index in [9.17, 15) is 8.78 Å². The lowest BCUT2D eigenvalue weighted by molar-refractivity contribution is -0.0586. The van der Waals surface area contributed by atoms with Gasteiger partial charge in [0.15, 0.2) is 0 Å². The molecule has 0 aliphatic heterocycles. The zero-order chi connectivity index (χ0) is 7.61. The fourth-order valence-corrected chi connectivity index (χ4v) is 1.64. The van der Waals surface area contributed by atoms with Gasteiger partial charge >= 0.3 is 0 Å². The third kappa shape index (κ3) is 1.47. The third-order valence-corrected chi connectivity index (χ3v) is 2.42. The lowest BCUT2D eigenvalue weighted by atomic mass is 9.98. The second-order valence-corrected chi connectivity index (χ2v) is 3.10. The van der Waals surface area contributed by atoms with Gasteiger partial charge in [0.05, 0.1) is 0 Å². The van der Waals surface area contributed by atoms with E-state index in [-0.39, 0.29) is 12.3 Å². The SMILES string of the molecule is CCC(F)(F)C1CCCC1. The Morgan fingerprint density at radius 2 is 1.80 bits per heavy atom. The minimum absolute atomic E-state index is 0.0116. The molecule has 0 heterocycles. The number of rotatable bonds is 2. The van der Waals surface area contributed by atoms with Gasteiger partial charge in [-0.3, -0.25) is 0 Å². The first-order chi connectivity index (χ1) is 4.67. The van der Waals surface area contributed by atoms with Crippen molar-refractivity contribution in [2.75, 3.05) is 0 Å². The summed E-state index contributed by atoms with van der Waals surface area (Å²) in [6.07, 6.45) is 3.49. The maximum Gasteiger partial charge on any atom is 0.250 e. The van der Waals surface area contributed by atoms with Crippen LogP contribution in [-0.2, 0) is 0 Å². The third-order valence-electron chi connectivity index (χ3n) is 2.42. The highest BCUT2D eigenvalue weighted by Crippen LogP contribution is 2.39. The number of halogens is 2. The van der Waals surface area contributed by atoms with E-state index in [0.29, 0.717) is 0 Å². The second kappa shape index (κ2) is 2.85. The van der Waals surface area contributed by atoms with Gasteiger partial charge in [-0.1, -0.05) is 19.8 Å². The molecular weight excluding hydrogens is 134 g/mol. The minimum Gasteiger partial charge on any atom is -0.207 e. The van der Waals surface area contributed by atoms with Crippen LogP contribution in [0.4, 0.5) is 8.78 Å². The predicted molar refractivity (Wildman–Crippen MR) is 37.2 cm³/mol. The highest BCUT2D eigenvalue weighted by molar-refractivity contribution is 4.79. The summed E-state index contributed by atoms with van der Waals surface area (Å²) in [5, 5.41) is 0. The van der Waals surface area contributed by atoms with Gasteiger partial charge in [0, 0.05) is 12.3 Å². The average Bonchev–Trinajstić information content (AvgIpc) is 2.38. The molecule has 0 radical (unpaired) electrons. The van der Waals surface area contributed by atoms with Crippen LogP contribution in [0.5, 0.6) is 0 Å². The van der Waals surface area contributed by atoms with Crippen molar-refractivity contribution in [3.05, 3.63) is 0 Å². The number of hydrogen-bond acceptors (Lipinski definition) is 0. The van der Waals surface area contributed by atoms with Crippen molar-refractivity contribution >= 4 is 0 Å². The standard InChI is InChI=1S/C8H14F2/c1-2-8(9,10)7-5-3-4-6-7/h7H,2-6H2,1H3. The van der Waals surface area contributed by atoms with Gasteiger partial charge in [0.1, 0.15) is 0 Å². The summed E-state index contributed by atoms with van der Waals surface area (Å²) in [6, 6.07) is 0. The van der Waals surface area contributed by atoms with Crippen LogP contribution in [0.3, 0.4) is 0 Å². The zero-order valence-corrected chi connectivity index (χ0v) is 6.37. The Bertz CT molecular complexity index is 104. The maximum absolute atomic E-state index is 12.9. The molecule has 0 bridgehead atoms. The van der Waals surface area contributed by atoms with Gasteiger partial charge in [-0.25, -0.2) is 8.78 Å². The molecule has 10 heavy (non-hydrogen) atoms. The smallest absolute Gasteiger partial charge is 0.207 e. The monoisotopic (exact) mass is 148 g/mol. The molecule has 0 spiro atoms. The first-order valence-corrected chi connectivity index (χ1v) is 4.04. The van der Waals surface area contributed by atoms with Crippen LogP contribution in [0.15, 0.2) is 0 Å². The van der Waals surface area contributed by atoms with Gasteiger partial charge in [-0.05, 0) is 12.8 Å². The molecule has 0 aromatic heterocycles. The molecule has 0 N–H and O–H groups in total. The molecular formula is C8H14F2. The molecule has 0 aromatic carbocycles. The first-order valence-electron chi connectivity index (χ1n) is 4.04. The average molecular weight is 148 g/mol. The first kappa shape index (κ1) is 7.96. The highest BCUT2D eigenvalue weighted by atomic mass is 19.3. The van der Waals surface area contributed by atoms with Crippen LogP contribution in [0.25, 0.3) is 0 Å². The van der Waals surface area contributed by atoms with Gasteiger partial charge in [0.2, 0.25) is 0 Å². The molecule has 0 unspecified atom stereocenters. The summed E-state index contributed by atoms with van der Waals surface area (Å²) >= 11 is 0. The van der Waals surface area contributed by atoms with E-state index in [4.69, 9.17) is 0 Å². The maximum atomic E-state index is 12.9. The van der Waals surface area contributed by atoms with E-state index in [0.717, 1.165) is 25.7 Å². The molecule has 0 aromatic rings. The predicted octanol–water partition coefficient (Wildman–Crippen LogP) is 3.22. The van der Waals surface area contributed by atoms with E-state index in [2.05, 4.69) is 0 Å². The molecule has 1 aliphatic rings. The molecule has 0 nitrogen and oxygen atoms in total. The van der Waals surface area contributed by atoms with E-state index in [1.807, 2.05) is 0 Å². The molecule has 1 fully saturated rings. The lowest BCUT2D eigenvalue weighted by Gasteiger charge is -2.20. The Hall–Kier alpha value is -0.140. The van der Waals surface area contributed by atoms with Crippen LogP contribution in [0.1, 0.15) is 39.0 Å². The Balaban J connectivity index is 2.45. The Morgan fingerprint density at radius 3 is 2.20 bits per heavy atom. The molecule has 1 saturated carbocycles. The highest BCUT2D eigenvalue weighted by Gasteiger charge is 2.38. The van der Waals surface area contributed by atoms with Crippen molar-refractivity contribution in [3.63, 3.8) is 0 Å². The van der Waals surface area contributed by atoms with E-state index in [1.165, 1.54) is 0 Å². The van der Waals surface area contributed by atoms with Crippen molar-refractivity contribution in [1.82, 2.24) is 0 Å². The topological polar surface area (TPSA) is 0 Å². The van der Waals surface area contributed by atoms with Crippen LogP contribution in [0.2, 0.25) is 0 Å². The minimum atomic E-state index is -2.38. The van der Waals surface area contributed by atoms with Crippen molar-refractivity contribution in [2.24, 2.45) is 5.92 Å². The summed E-state index contributed by atoms with van der Waals surface area (Å²) in [7, 11) is 0. The van der Waals surface area contributed by atoms with Crippen molar-refractivity contribution in [1.29, 1.82) is 0 Å². The molecule has 2 heteroatoms. The zero-order valence-electron chi connectivity index (χ0n) is 6.37. The fourth-order valence-electron chi connectivity index (χ4n) is 1.64. The number of hydrogen-bond donors (Lipinski definition) is 0. The van der Waals surface area contributed by atoms with Crippen LogP contribution in [0, 0.1) is 5.92 Å². The second-order valence-electron chi connectivity index (χ2n) is 3.10. The molecule has 1 aliphatic carbocycles. The Kier molecular flexibility index (Phi) is 2.27. The summed E-state index contributed by atoms with van der Waals surface area (Å²) in [5.41, 5.74) is 0. The normalized spacial score (nSPS) is 21.9. The lowest BCUT2D eigenvalue weighted by Crippen LogP contribution is -2.24. The van der Waals surface area contributed by atoms with Crippen molar-refractivity contribution < 1.29 is 8.78 Å². The molecule has 0 amide bonds. The number of alkyl halides is 2. The summed E-state index contributed by atoms with van der Waals surface area (Å²) in [5.74, 6) is -2.69. The van der Waals surface area contributed by atoms with Gasteiger partial charge < -0.3 is 0 Å². The van der Waals surface area contributed by atoms with E-state index >= 15 is 0 Å². The van der Waals surface area contributed by atoms with Gasteiger partial charge in [0.25, 0.3) is 5.92 Å². The van der Waals surface area contributed by atoms with Crippen molar-refractivity contribution in [2.45, 2.75) is 45.0 Å². The Labute approximate surface area is 60.6 Å². The molecule has 0 saturated heterocycles. The largest absolute Gasteiger partial charge is 0.250 e. The quantitative estimate of drug-likeness (QED) is 0.564. The summed E-state index contributed by atoms with van der Waals surface area (Å²) in [4.78, 5) is 0. The van der Waals surface area contributed by atoms with Gasteiger partial charge in [-0.2, -0.15) is 0 Å².